The predicted octanol–water partition coefficient (Wildman–Crippen LogP) is -0.814. The number of rotatable bonds is 6. The van der Waals surface area contributed by atoms with Gasteiger partial charge in [-0.1, -0.05) is 0 Å². The maximum absolute atomic E-state index is 13.2. The van der Waals surface area contributed by atoms with Gasteiger partial charge < -0.3 is 65.6 Å². The van der Waals surface area contributed by atoms with Crippen molar-refractivity contribution in [3.05, 3.63) is 16.7 Å². The Morgan fingerprint density at radius 2 is 1.18 bits per heavy atom. The molecule has 1 heterocycles. The minimum atomic E-state index is -3.19. The smallest absolute Gasteiger partial charge is 0.261 e. The van der Waals surface area contributed by atoms with Gasteiger partial charge in [0.1, 0.15) is 5.56 Å². The highest BCUT2D eigenvalue weighted by Gasteiger charge is 2.54. The van der Waals surface area contributed by atoms with E-state index >= 15 is 0 Å². The Morgan fingerprint density at radius 3 is 1.67 bits per heavy atom. The lowest BCUT2D eigenvalue weighted by Gasteiger charge is -2.44. The van der Waals surface area contributed by atoms with Crippen molar-refractivity contribution >= 4 is 5.78 Å². The van der Waals surface area contributed by atoms with Crippen molar-refractivity contribution < 1.29 is 70.4 Å². The number of ketones is 1. The largest absolute Gasteiger partial charge is 0.504 e. The van der Waals surface area contributed by atoms with Crippen LogP contribution in [0, 0.1) is 11.8 Å². The first kappa shape index (κ1) is 28.1. The van der Waals surface area contributed by atoms with E-state index in [1.807, 2.05) is 0 Å². The van der Waals surface area contributed by atoms with Crippen LogP contribution in [0.25, 0.3) is 0 Å². The van der Waals surface area contributed by atoms with Crippen LogP contribution in [-0.4, -0.2) is 100.0 Å². The van der Waals surface area contributed by atoms with E-state index in [0.29, 0.717) is 0 Å². The van der Waals surface area contributed by atoms with Crippen molar-refractivity contribution in [2.24, 2.45) is 11.8 Å². The molecule has 1 unspecified atom stereocenters. The van der Waals surface area contributed by atoms with Crippen molar-refractivity contribution in [1.29, 1.82) is 0 Å². The zero-order valence-electron chi connectivity index (χ0n) is 20.8. The molecule has 0 radical (unpaired) electrons. The van der Waals surface area contributed by atoms with Crippen molar-refractivity contribution in [2.45, 2.75) is 31.0 Å². The number of carbonyl (C=O) groups excluding carboxylic acids is 1. The number of aliphatic hydroxyl groups is 4. The van der Waals surface area contributed by atoms with E-state index in [4.69, 9.17) is 9.47 Å². The van der Waals surface area contributed by atoms with Gasteiger partial charge in [-0.15, -0.1) is 0 Å². The molecule has 0 aromatic heterocycles. The number of fused-ring (bicyclic) bond motifs is 1. The zero-order chi connectivity index (χ0) is 29.2. The van der Waals surface area contributed by atoms with Gasteiger partial charge in [-0.3, -0.25) is 4.79 Å². The van der Waals surface area contributed by atoms with Crippen LogP contribution >= 0.6 is 0 Å². The van der Waals surface area contributed by atoms with E-state index in [2.05, 4.69) is 0 Å². The summed E-state index contributed by atoms with van der Waals surface area (Å²) < 4.78 is 10.1. The highest BCUT2D eigenvalue weighted by molar-refractivity contribution is 6.07. The number of ether oxygens (including phenoxy) is 2. The number of carbonyl (C=O) groups is 1. The van der Waals surface area contributed by atoms with Gasteiger partial charge in [0.2, 0.25) is 28.7 Å². The van der Waals surface area contributed by atoms with Gasteiger partial charge >= 0.3 is 0 Å². The average molecular weight is 555 g/mol. The van der Waals surface area contributed by atoms with E-state index in [-0.39, 0.29) is 55.0 Å². The number of methoxy groups -OCH3 is 2. The topological polar surface area (TPSA) is 261 Å². The molecule has 2 aromatic rings. The van der Waals surface area contributed by atoms with E-state index in [0.717, 1.165) is 4.90 Å². The molecule has 39 heavy (non-hydrogen) atoms. The maximum Gasteiger partial charge on any atom is 0.261 e. The summed E-state index contributed by atoms with van der Waals surface area (Å²) in [5.74, 6) is -17.5. The summed E-state index contributed by atoms with van der Waals surface area (Å²) in [5.41, 5.74) is -1.53. The van der Waals surface area contributed by atoms with Crippen LogP contribution in [0.3, 0.4) is 0 Å². The number of hydrogen-bond acceptors (Lipinski definition) is 15. The molecule has 1 saturated heterocycles. The summed E-state index contributed by atoms with van der Waals surface area (Å²) in [7, 11) is 2.38. The van der Waals surface area contributed by atoms with Crippen LogP contribution in [0.15, 0.2) is 0 Å². The van der Waals surface area contributed by atoms with Crippen LogP contribution < -0.4 is 9.47 Å². The molecule has 15 nitrogen and oxygen atoms in total. The molecule has 11 N–H and O–H groups in total. The van der Waals surface area contributed by atoms with Gasteiger partial charge in [-0.2, -0.15) is 0 Å². The summed E-state index contributed by atoms with van der Waals surface area (Å²) in [6.07, 6.45) is -0.699. The number of phenolic OH excluding ortho intramolecular Hbond substituents is 7. The molecule has 0 amide bonds. The van der Waals surface area contributed by atoms with Crippen molar-refractivity contribution in [3.8, 4) is 51.7 Å². The summed E-state index contributed by atoms with van der Waals surface area (Å²) >= 11 is 0. The summed E-state index contributed by atoms with van der Waals surface area (Å²) in [6.45, 7) is -0.623. The minimum absolute atomic E-state index is 0.0623. The number of hydrogen-bond donors (Lipinski definition) is 11. The van der Waals surface area contributed by atoms with E-state index in [9.17, 15) is 61.0 Å². The van der Waals surface area contributed by atoms with Crippen LogP contribution in [0.1, 0.15) is 34.3 Å². The molecule has 2 aromatic carbocycles. The van der Waals surface area contributed by atoms with E-state index in [1.165, 1.54) is 14.2 Å². The van der Waals surface area contributed by atoms with Crippen molar-refractivity contribution in [3.63, 3.8) is 0 Å². The third kappa shape index (κ3) is 3.97. The molecule has 1 atom stereocenters. The Balaban J connectivity index is 1.58. The lowest BCUT2D eigenvalue weighted by Crippen LogP contribution is -2.55. The van der Waals surface area contributed by atoms with Gasteiger partial charge in [-0.25, -0.2) is 4.90 Å². The number of benzene rings is 2. The monoisotopic (exact) mass is 555 g/mol. The summed E-state index contributed by atoms with van der Waals surface area (Å²) in [4.78, 5) is 14.1. The Morgan fingerprint density at radius 1 is 0.718 bits per heavy atom. The van der Waals surface area contributed by atoms with Gasteiger partial charge in [0, 0.05) is 24.6 Å². The standard InChI is InChI=1S/C24H29NO14/c1-38-21-13(26)9-7-10(14(27)11(9)15(28)22(21)39-2)23(34,35)8-3-5-25(6-4-8)24(36,37)12-16(29)18(31)20(33)19(32)17(12)30/h8,10,26,28-37H,3-7H2,1-2H3. The highest BCUT2D eigenvalue weighted by Crippen LogP contribution is 2.56. The zero-order valence-corrected chi connectivity index (χ0v) is 20.8. The number of nitrogens with zero attached hydrogens (tertiary/aromatic N) is 1. The number of phenols is 7. The first-order chi connectivity index (χ1) is 18.1. The fraction of sp³-hybridized carbons (Fsp3) is 0.458. The lowest BCUT2D eigenvalue weighted by molar-refractivity contribution is -0.294. The molecular weight excluding hydrogens is 526 g/mol. The highest BCUT2D eigenvalue weighted by atomic mass is 16.5. The second-order valence-electron chi connectivity index (χ2n) is 9.54. The number of Topliss-reactive ketones (excluding diaryl/α,β-unsaturated/α-hetero) is 1. The second kappa shape index (κ2) is 9.39. The molecule has 2 aliphatic rings. The van der Waals surface area contributed by atoms with E-state index < -0.39 is 75.1 Å². The Hall–Kier alpha value is -3.89. The number of piperidine rings is 1. The van der Waals surface area contributed by atoms with Gasteiger partial charge in [-0.05, 0) is 19.3 Å². The van der Waals surface area contributed by atoms with Crippen molar-refractivity contribution in [1.82, 2.24) is 4.90 Å². The number of likely N-dealkylation sites (tertiary alicyclic amines) is 1. The molecule has 1 aliphatic heterocycles. The average Bonchev–Trinajstić information content (AvgIpc) is 3.26. The lowest BCUT2D eigenvalue weighted by atomic mass is 9.79. The second-order valence-corrected chi connectivity index (χ2v) is 9.54. The summed E-state index contributed by atoms with van der Waals surface area (Å²) in [6, 6.07) is 0. The molecule has 1 aliphatic carbocycles. The molecule has 1 fully saturated rings. The van der Waals surface area contributed by atoms with Gasteiger partial charge in [0.25, 0.3) is 5.91 Å². The van der Waals surface area contributed by atoms with Crippen LogP contribution in [0.4, 0.5) is 0 Å². The molecule has 4 rings (SSSR count). The maximum atomic E-state index is 13.2. The van der Waals surface area contributed by atoms with Gasteiger partial charge in [0.05, 0.1) is 25.7 Å². The number of aromatic hydroxyl groups is 7. The summed E-state index contributed by atoms with van der Waals surface area (Å²) in [5, 5.41) is 114. The van der Waals surface area contributed by atoms with Gasteiger partial charge in [0.15, 0.2) is 34.6 Å². The Kier molecular flexibility index (Phi) is 6.77. The fourth-order valence-electron chi connectivity index (χ4n) is 5.45. The first-order valence-electron chi connectivity index (χ1n) is 11.7. The first-order valence-corrected chi connectivity index (χ1v) is 11.7. The molecule has 214 valence electrons. The van der Waals surface area contributed by atoms with Crippen LogP contribution in [0.5, 0.6) is 51.7 Å². The molecule has 0 saturated carbocycles. The van der Waals surface area contributed by atoms with E-state index in [1.54, 1.807) is 0 Å². The van der Waals surface area contributed by atoms with Crippen LogP contribution in [0.2, 0.25) is 0 Å². The van der Waals surface area contributed by atoms with Crippen molar-refractivity contribution in [2.75, 3.05) is 27.3 Å². The van der Waals surface area contributed by atoms with Crippen LogP contribution in [-0.2, 0) is 12.3 Å². The third-order valence-corrected chi connectivity index (χ3v) is 7.60. The molecule has 15 heteroatoms. The quantitative estimate of drug-likeness (QED) is 0.118. The SMILES string of the molecule is COc1c(O)c2c(c(O)c1OC)C(=O)C(C(O)(O)C1CCN(C(O)(O)c3c(O)c(O)c(O)c(O)c3O)CC1)C2. The predicted molar refractivity (Wildman–Crippen MR) is 127 cm³/mol. The molecule has 0 bridgehead atoms. The normalized spacial score (nSPS) is 18.8. The molecule has 0 spiro atoms. The Bertz CT molecular complexity index is 1300. The Labute approximate surface area is 220 Å². The minimum Gasteiger partial charge on any atom is -0.504 e. The third-order valence-electron chi connectivity index (χ3n) is 7.60. The molecular formula is C24H29NO14. The fourth-order valence-corrected chi connectivity index (χ4v) is 5.45.